The zero-order valence-corrected chi connectivity index (χ0v) is 14.6. The molecule has 1 heterocycles. The molecule has 0 unspecified atom stereocenters. The van der Waals surface area contributed by atoms with Crippen LogP contribution in [0.5, 0.6) is 11.5 Å². The van der Waals surface area contributed by atoms with Crippen LogP contribution in [0.25, 0.3) is 0 Å². The molecule has 22 heavy (non-hydrogen) atoms. The third-order valence-electron chi connectivity index (χ3n) is 3.38. The highest BCUT2D eigenvalue weighted by atomic mass is 35.5. The number of rotatable bonds is 4. The van der Waals surface area contributed by atoms with Crippen LogP contribution < -0.4 is 20.5 Å². The van der Waals surface area contributed by atoms with Crippen LogP contribution in [-0.4, -0.2) is 26.7 Å². The minimum absolute atomic E-state index is 0.333. The number of nitrogens with one attached hydrogen (secondary N) is 1. The quantitative estimate of drug-likeness (QED) is 0.819. The van der Waals surface area contributed by atoms with Crippen molar-refractivity contribution in [2.24, 2.45) is 5.73 Å². The first kappa shape index (κ1) is 18.9. The Morgan fingerprint density at radius 3 is 2.00 bits per heavy atom. The number of benzene rings is 1. The summed E-state index contributed by atoms with van der Waals surface area (Å²) in [6, 6.07) is 0. The molecule has 0 radical (unpaired) electrons. The first-order chi connectivity index (χ1) is 10.5. The highest BCUT2D eigenvalue weighted by Gasteiger charge is 2.25. The Morgan fingerprint density at radius 2 is 1.59 bits per heavy atom. The van der Waals surface area contributed by atoms with Gasteiger partial charge in [-0.25, -0.2) is 0 Å². The van der Waals surface area contributed by atoms with Crippen molar-refractivity contribution in [2.45, 2.75) is 31.6 Å². The lowest BCUT2D eigenvalue weighted by Gasteiger charge is -2.26. The molecule has 7 heteroatoms. The molecule has 1 aromatic carbocycles. The van der Waals surface area contributed by atoms with Gasteiger partial charge in [-0.2, -0.15) is 0 Å². The van der Waals surface area contributed by atoms with Gasteiger partial charge in [-0.3, -0.25) is 4.79 Å². The number of carbonyl (C=O) groups excluding carboxylic acids is 1. The molecule has 2 rings (SSSR count). The van der Waals surface area contributed by atoms with Crippen LogP contribution >= 0.6 is 23.2 Å². The molecule has 1 aliphatic rings. The molecule has 0 bridgehead atoms. The molecule has 0 aromatic heterocycles. The summed E-state index contributed by atoms with van der Waals surface area (Å²) in [6.07, 6.45) is 0.946. The molecule has 124 valence electrons. The normalized spacial score (nSPS) is 12.8. The zero-order chi connectivity index (χ0) is 16.7. The van der Waals surface area contributed by atoms with Gasteiger partial charge in [0.15, 0.2) is 11.5 Å². The van der Waals surface area contributed by atoms with Gasteiger partial charge in [0.2, 0.25) is 5.91 Å². The lowest BCUT2D eigenvalue weighted by Crippen LogP contribution is -2.26. The van der Waals surface area contributed by atoms with Crippen molar-refractivity contribution in [1.82, 2.24) is 5.32 Å². The Morgan fingerprint density at radius 1 is 1.14 bits per heavy atom. The third kappa shape index (κ3) is 4.18. The van der Waals surface area contributed by atoms with E-state index in [2.05, 4.69) is 11.1 Å². The summed E-state index contributed by atoms with van der Waals surface area (Å²) in [6.45, 7) is 3.07. The van der Waals surface area contributed by atoms with Gasteiger partial charge in [-0.1, -0.05) is 0 Å². The molecule has 0 aliphatic carbocycles. The summed E-state index contributed by atoms with van der Waals surface area (Å²) < 4.78 is 10.9. The van der Waals surface area contributed by atoms with E-state index in [1.807, 2.05) is 0 Å². The zero-order valence-electron chi connectivity index (χ0n) is 13.1. The highest BCUT2D eigenvalue weighted by Crippen LogP contribution is 2.42. The van der Waals surface area contributed by atoms with E-state index in [4.69, 9.17) is 32.7 Å². The second-order valence-electron chi connectivity index (χ2n) is 4.79. The van der Waals surface area contributed by atoms with E-state index < -0.39 is 0 Å². The number of ether oxygens (including phenoxy) is 2. The van der Waals surface area contributed by atoms with E-state index in [0.717, 1.165) is 36.4 Å². The van der Waals surface area contributed by atoms with Crippen LogP contribution in [0.1, 0.15) is 29.2 Å². The summed E-state index contributed by atoms with van der Waals surface area (Å²) >= 11 is 12.2. The first-order valence-electron chi connectivity index (χ1n) is 6.87. The van der Waals surface area contributed by atoms with Crippen LogP contribution in [0.4, 0.5) is 0 Å². The summed E-state index contributed by atoms with van der Waals surface area (Å²) in [5.74, 6) is 1.94. The largest absolute Gasteiger partial charge is 0.493 e. The molecule has 0 spiro atoms. The van der Waals surface area contributed by atoms with Crippen molar-refractivity contribution in [3.63, 3.8) is 0 Å². The van der Waals surface area contributed by atoms with E-state index in [1.165, 1.54) is 18.1 Å². The monoisotopic (exact) mass is 348 g/mol. The second kappa shape index (κ2) is 9.08. The van der Waals surface area contributed by atoms with Crippen molar-refractivity contribution in [2.75, 3.05) is 20.8 Å². The van der Waals surface area contributed by atoms with Crippen LogP contribution in [0.3, 0.4) is 0 Å². The van der Waals surface area contributed by atoms with Gasteiger partial charge in [0, 0.05) is 24.6 Å². The molecule has 0 saturated carbocycles. The Labute approximate surface area is 141 Å². The lowest BCUT2D eigenvalue weighted by molar-refractivity contribution is -0.115. The molecule has 5 nitrogen and oxygen atoms in total. The van der Waals surface area contributed by atoms with Crippen LogP contribution in [-0.2, 0) is 29.5 Å². The van der Waals surface area contributed by atoms with E-state index in [-0.39, 0.29) is 5.91 Å². The van der Waals surface area contributed by atoms with Crippen molar-refractivity contribution < 1.29 is 14.3 Å². The molecule has 1 aromatic rings. The van der Waals surface area contributed by atoms with Crippen molar-refractivity contribution in [1.29, 1.82) is 0 Å². The lowest BCUT2D eigenvalue weighted by atomic mass is 9.90. The number of amides is 1. The van der Waals surface area contributed by atoms with Crippen LogP contribution in [0, 0.1) is 0 Å². The van der Waals surface area contributed by atoms with E-state index in [1.54, 1.807) is 14.2 Å². The van der Waals surface area contributed by atoms with Gasteiger partial charge < -0.3 is 20.5 Å². The number of carbonyl (C=O) groups is 1. The molecular weight excluding hydrogens is 327 g/mol. The predicted octanol–water partition coefficient (Wildman–Crippen LogP) is 2.32. The fourth-order valence-electron chi connectivity index (χ4n) is 2.57. The molecule has 0 fully saturated rings. The number of primary amides is 1. The van der Waals surface area contributed by atoms with Crippen LogP contribution in [0.15, 0.2) is 0 Å². The molecule has 1 amide bonds. The summed E-state index contributed by atoms with van der Waals surface area (Å²) in [5, 5.41) is 3.36. The maximum atomic E-state index is 9.22. The minimum Gasteiger partial charge on any atom is -0.493 e. The van der Waals surface area contributed by atoms with Gasteiger partial charge >= 0.3 is 0 Å². The van der Waals surface area contributed by atoms with Gasteiger partial charge in [-0.15, -0.1) is 23.2 Å². The number of hydrogen-bond donors (Lipinski definition) is 2. The average molecular weight is 349 g/mol. The van der Waals surface area contributed by atoms with Gasteiger partial charge in [-0.05, 0) is 24.1 Å². The molecule has 1 aliphatic heterocycles. The van der Waals surface area contributed by atoms with Crippen LogP contribution in [0.2, 0.25) is 0 Å². The maximum Gasteiger partial charge on any atom is 0.214 e. The number of methoxy groups -OCH3 is 2. The fraction of sp³-hybridized carbons (Fsp3) is 0.533. The van der Waals surface area contributed by atoms with E-state index in [0.29, 0.717) is 17.5 Å². The topological polar surface area (TPSA) is 73.6 Å². The summed E-state index contributed by atoms with van der Waals surface area (Å²) in [4.78, 5) is 9.22. The summed E-state index contributed by atoms with van der Waals surface area (Å²) in [7, 11) is 3.27. The Bertz CT molecular complexity index is 432. The predicted molar refractivity (Wildman–Crippen MR) is 88.9 cm³/mol. The third-order valence-corrected chi connectivity index (χ3v) is 3.91. The Hall–Kier alpha value is -1.17. The number of hydrogen-bond acceptors (Lipinski definition) is 4. The smallest absolute Gasteiger partial charge is 0.214 e. The number of nitrogens with two attached hydrogens (primary N) is 1. The average Bonchev–Trinajstić information content (AvgIpc) is 2.51. The van der Waals surface area contributed by atoms with Crippen molar-refractivity contribution >= 4 is 29.1 Å². The highest BCUT2D eigenvalue weighted by molar-refractivity contribution is 6.18. The van der Waals surface area contributed by atoms with Gasteiger partial charge in [0.25, 0.3) is 0 Å². The number of alkyl halides is 2. The van der Waals surface area contributed by atoms with E-state index >= 15 is 0 Å². The SMILES string of the molecule is CC(N)=O.COc1c(CCl)c2c(c(CCl)c1OC)CNCC2. The Kier molecular flexibility index (Phi) is 7.79. The second-order valence-corrected chi connectivity index (χ2v) is 5.32. The molecule has 0 saturated heterocycles. The van der Waals surface area contributed by atoms with Crippen molar-refractivity contribution in [3.8, 4) is 11.5 Å². The van der Waals surface area contributed by atoms with Crippen molar-refractivity contribution in [3.05, 3.63) is 22.3 Å². The number of halogens is 2. The summed E-state index contributed by atoms with van der Waals surface area (Å²) in [5.41, 5.74) is 8.98. The fourth-order valence-corrected chi connectivity index (χ4v) is 3.13. The van der Waals surface area contributed by atoms with Gasteiger partial charge in [0.1, 0.15) is 0 Å². The van der Waals surface area contributed by atoms with Gasteiger partial charge in [0.05, 0.1) is 26.0 Å². The maximum absolute atomic E-state index is 9.22. The first-order valence-corrected chi connectivity index (χ1v) is 7.94. The Balaban J connectivity index is 0.000000541. The molecule has 0 atom stereocenters. The standard InChI is InChI=1S/C13H17Cl2NO2.C2H5NO/c1-17-12-9(5-14)8-3-4-16-7-11(8)10(6-15)13(12)18-2;1-2(3)4/h16H,3-7H2,1-2H3;1H3,(H2,3,4). The number of fused-ring (bicyclic) bond motifs is 1. The molecular formula is C15H22Cl2N2O3. The minimum atomic E-state index is -0.333. The molecule has 3 N–H and O–H groups in total. The van der Waals surface area contributed by atoms with E-state index in [9.17, 15) is 4.79 Å².